The van der Waals surface area contributed by atoms with Crippen molar-refractivity contribution in [3.8, 4) is 0 Å². The molecule has 1 unspecified atom stereocenters. The Hall–Kier alpha value is -2.68. The van der Waals surface area contributed by atoms with Crippen LogP contribution < -0.4 is 0 Å². The molecule has 0 spiro atoms. The first-order chi connectivity index (χ1) is 13.5. The smallest absolute Gasteiger partial charge is 0.303 e. The van der Waals surface area contributed by atoms with Crippen LogP contribution in [-0.2, 0) is 15.0 Å². The van der Waals surface area contributed by atoms with E-state index in [2.05, 4.69) is 24.3 Å². The number of carbonyl (C=O) groups excluding carboxylic acids is 1. The average Bonchev–Trinajstić information content (AvgIpc) is 2.70. The molecular weight excluding hydrogens is 348 g/mol. The molecule has 2 aromatic rings. The summed E-state index contributed by atoms with van der Waals surface area (Å²) in [5.74, 6) is -0.560. The summed E-state index contributed by atoms with van der Waals surface area (Å²) in [6.45, 7) is 1.69. The summed E-state index contributed by atoms with van der Waals surface area (Å²) in [5.41, 5.74) is 1.66. The summed E-state index contributed by atoms with van der Waals surface area (Å²) in [6.07, 6.45) is 9.27. The van der Waals surface area contributed by atoms with Crippen molar-refractivity contribution in [1.82, 2.24) is 0 Å². The number of unbranched alkanes of at least 4 members (excludes halogenated alkanes) is 3. The molecule has 3 heteroatoms. The van der Waals surface area contributed by atoms with E-state index >= 15 is 0 Å². The molecule has 28 heavy (non-hydrogen) atoms. The predicted octanol–water partition coefficient (Wildman–Crippen LogP) is 6.04. The van der Waals surface area contributed by atoms with Crippen molar-refractivity contribution in [3.05, 3.63) is 77.9 Å². The standard InChI is InChI=1S/C25H30O3/c1-21(26)25(23-16-8-5-9-17-23,19-11-3-2-10-18-24(27)28)20-12-15-22-13-6-4-7-14-22/h4-9,12-17H,2-3,10-11,18-20H2,1H3,(H,27,28). The maximum absolute atomic E-state index is 12.8. The molecule has 3 nitrogen and oxygen atoms in total. The second-order valence-corrected chi connectivity index (χ2v) is 7.33. The van der Waals surface area contributed by atoms with Gasteiger partial charge in [0.2, 0.25) is 0 Å². The molecule has 1 atom stereocenters. The maximum Gasteiger partial charge on any atom is 0.303 e. The Morgan fingerprint density at radius 3 is 2.11 bits per heavy atom. The molecule has 148 valence electrons. The Bertz CT molecular complexity index is 765. The maximum atomic E-state index is 12.8. The third-order valence-corrected chi connectivity index (χ3v) is 5.32. The van der Waals surface area contributed by atoms with Gasteiger partial charge in [0, 0.05) is 6.42 Å². The number of aliphatic carboxylic acids is 1. The number of hydrogen-bond acceptors (Lipinski definition) is 2. The van der Waals surface area contributed by atoms with E-state index in [4.69, 9.17) is 5.11 Å². The van der Waals surface area contributed by atoms with Gasteiger partial charge in [-0.25, -0.2) is 0 Å². The molecular formula is C25H30O3. The van der Waals surface area contributed by atoms with E-state index in [-0.39, 0.29) is 12.2 Å². The van der Waals surface area contributed by atoms with Crippen LogP contribution in [0.4, 0.5) is 0 Å². The number of carboxylic acids is 1. The van der Waals surface area contributed by atoms with Gasteiger partial charge in [0.15, 0.2) is 0 Å². The zero-order chi connectivity index (χ0) is 20.2. The third-order valence-electron chi connectivity index (χ3n) is 5.32. The van der Waals surface area contributed by atoms with E-state index in [0.29, 0.717) is 12.8 Å². The van der Waals surface area contributed by atoms with E-state index < -0.39 is 11.4 Å². The fourth-order valence-electron chi connectivity index (χ4n) is 3.66. The van der Waals surface area contributed by atoms with Gasteiger partial charge in [0.05, 0.1) is 5.41 Å². The van der Waals surface area contributed by atoms with Gasteiger partial charge in [-0.2, -0.15) is 0 Å². The molecule has 1 N–H and O–H groups in total. The normalized spacial score (nSPS) is 13.3. The number of carbonyl (C=O) groups is 2. The number of allylic oxidation sites excluding steroid dienone is 1. The lowest BCUT2D eigenvalue weighted by Crippen LogP contribution is -2.33. The van der Waals surface area contributed by atoms with Crippen molar-refractivity contribution in [2.75, 3.05) is 0 Å². The van der Waals surface area contributed by atoms with Crippen LogP contribution in [0.5, 0.6) is 0 Å². The molecule has 0 aromatic heterocycles. The lowest BCUT2D eigenvalue weighted by Gasteiger charge is -2.31. The highest BCUT2D eigenvalue weighted by atomic mass is 16.4. The van der Waals surface area contributed by atoms with Gasteiger partial charge in [-0.3, -0.25) is 9.59 Å². The molecule has 0 amide bonds. The number of hydrogen-bond donors (Lipinski definition) is 1. The summed E-state index contributed by atoms with van der Waals surface area (Å²) in [7, 11) is 0. The molecule has 0 fully saturated rings. The van der Waals surface area contributed by atoms with Crippen molar-refractivity contribution < 1.29 is 14.7 Å². The van der Waals surface area contributed by atoms with E-state index in [1.807, 2.05) is 48.5 Å². The number of benzene rings is 2. The molecule has 2 aromatic carbocycles. The first kappa shape index (κ1) is 21.6. The lowest BCUT2D eigenvalue weighted by molar-refractivity contribution is -0.137. The fraction of sp³-hybridized carbons (Fsp3) is 0.360. The first-order valence-corrected chi connectivity index (χ1v) is 10.0. The zero-order valence-corrected chi connectivity index (χ0v) is 16.6. The van der Waals surface area contributed by atoms with E-state index in [1.54, 1.807) is 6.92 Å². The highest BCUT2D eigenvalue weighted by Gasteiger charge is 2.35. The number of Topliss-reactive ketones (excluding diaryl/α,β-unsaturated/α-hetero) is 1. The van der Waals surface area contributed by atoms with Crippen LogP contribution >= 0.6 is 0 Å². The summed E-state index contributed by atoms with van der Waals surface area (Å²) in [6, 6.07) is 20.1. The Labute approximate surface area is 168 Å². The molecule has 0 aliphatic rings. The number of ketones is 1. The van der Waals surface area contributed by atoms with Gasteiger partial charge in [0.1, 0.15) is 5.78 Å². The molecule has 0 saturated carbocycles. The second kappa shape index (κ2) is 11.2. The van der Waals surface area contributed by atoms with E-state index in [0.717, 1.165) is 36.8 Å². The average molecular weight is 379 g/mol. The molecule has 0 saturated heterocycles. The van der Waals surface area contributed by atoms with Crippen LogP contribution in [0, 0.1) is 0 Å². The van der Waals surface area contributed by atoms with Crippen molar-refractivity contribution in [3.63, 3.8) is 0 Å². The van der Waals surface area contributed by atoms with Gasteiger partial charge in [-0.15, -0.1) is 0 Å². The molecule has 0 aliphatic heterocycles. The minimum Gasteiger partial charge on any atom is -0.481 e. The van der Waals surface area contributed by atoms with E-state index in [9.17, 15) is 9.59 Å². The minimum atomic E-state index is -0.742. The third kappa shape index (κ3) is 6.49. The number of carboxylic acid groups (broad SMARTS) is 1. The topological polar surface area (TPSA) is 54.4 Å². The van der Waals surface area contributed by atoms with Gasteiger partial charge in [0.25, 0.3) is 0 Å². The zero-order valence-electron chi connectivity index (χ0n) is 16.6. The van der Waals surface area contributed by atoms with Crippen molar-refractivity contribution in [2.24, 2.45) is 0 Å². The SMILES string of the molecule is CC(=O)C(CC=Cc1ccccc1)(CCCCCCC(=O)O)c1ccccc1. The molecule has 0 heterocycles. The van der Waals surface area contributed by atoms with Crippen LogP contribution in [0.15, 0.2) is 66.7 Å². The van der Waals surface area contributed by atoms with Crippen molar-refractivity contribution in [1.29, 1.82) is 0 Å². The highest BCUT2D eigenvalue weighted by molar-refractivity contribution is 5.88. The van der Waals surface area contributed by atoms with Crippen LogP contribution in [-0.4, -0.2) is 16.9 Å². The number of rotatable bonds is 12. The first-order valence-electron chi connectivity index (χ1n) is 10.0. The Kier molecular flexibility index (Phi) is 8.67. The van der Waals surface area contributed by atoms with Crippen molar-refractivity contribution >= 4 is 17.8 Å². The fourth-order valence-corrected chi connectivity index (χ4v) is 3.66. The van der Waals surface area contributed by atoms with Crippen LogP contribution in [0.25, 0.3) is 6.08 Å². The van der Waals surface area contributed by atoms with Gasteiger partial charge >= 0.3 is 5.97 Å². The predicted molar refractivity (Wildman–Crippen MR) is 114 cm³/mol. The Balaban J connectivity index is 2.11. The van der Waals surface area contributed by atoms with Gasteiger partial charge < -0.3 is 5.11 Å². The largest absolute Gasteiger partial charge is 0.481 e. The van der Waals surface area contributed by atoms with Gasteiger partial charge in [-0.1, -0.05) is 92.1 Å². The molecule has 2 rings (SSSR count). The monoisotopic (exact) mass is 378 g/mol. The lowest BCUT2D eigenvalue weighted by atomic mass is 9.70. The Morgan fingerprint density at radius 1 is 0.893 bits per heavy atom. The summed E-state index contributed by atoms with van der Waals surface area (Å²) in [5, 5.41) is 8.76. The molecule has 0 radical (unpaired) electrons. The summed E-state index contributed by atoms with van der Waals surface area (Å²) in [4.78, 5) is 23.5. The molecule has 0 bridgehead atoms. The van der Waals surface area contributed by atoms with Crippen LogP contribution in [0.1, 0.15) is 63.0 Å². The second-order valence-electron chi connectivity index (χ2n) is 7.33. The van der Waals surface area contributed by atoms with Crippen LogP contribution in [0.3, 0.4) is 0 Å². The van der Waals surface area contributed by atoms with Gasteiger partial charge in [-0.05, 0) is 37.3 Å². The quantitative estimate of drug-likeness (QED) is 0.458. The Morgan fingerprint density at radius 2 is 1.50 bits per heavy atom. The van der Waals surface area contributed by atoms with Crippen molar-refractivity contribution in [2.45, 2.75) is 57.3 Å². The van der Waals surface area contributed by atoms with Crippen LogP contribution in [0.2, 0.25) is 0 Å². The molecule has 0 aliphatic carbocycles. The highest BCUT2D eigenvalue weighted by Crippen LogP contribution is 2.36. The van der Waals surface area contributed by atoms with E-state index in [1.165, 1.54) is 0 Å². The summed E-state index contributed by atoms with van der Waals surface area (Å²) >= 11 is 0. The summed E-state index contributed by atoms with van der Waals surface area (Å²) < 4.78 is 0. The minimum absolute atomic E-state index is 0.182.